The van der Waals surface area contributed by atoms with E-state index in [1.807, 2.05) is 80.6 Å². The van der Waals surface area contributed by atoms with Crippen LogP contribution in [0.15, 0.2) is 81.5 Å². The molecule has 166 valence electrons. The maximum atomic E-state index is 13.5. The number of rotatable bonds is 6. The summed E-state index contributed by atoms with van der Waals surface area (Å²) in [6.45, 7) is 4.67. The fourth-order valence-electron chi connectivity index (χ4n) is 4.11. The third kappa shape index (κ3) is 3.89. The molecule has 2 heterocycles. The first-order valence-electron chi connectivity index (χ1n) is 10.9. The number of hydrogen-bond donors (Lipinski definition) is 1. The van der Waals surface area contributed by atoms with Crippen molar-refractivity contribution in [1.29, 1.82) is 0 Å². The third-order valence-corrected chi connectivity index (χ3v) is 7.03. The highest BCUT2D eigenvalue weighted by molar-refractivity contribution is 7.99. The predicted molar refractivity (Wildman–Crippen MR) is 135 cm³/mol. The fourth-order valence-corrected chi connectivity index (χ4v) is 5.04. The molecule has 0 radical (unpaired) electrons. The average molecular weight is 457 g/mol. The van der Waals surface area contributed by atoms with Gasteiger partial charge in [0.05, 0.1) is 27.6 Å². The number of nitrogens with one attached hydrogen (secondary N) is 1. The standard InChI is InChI=1S/C26H24N4O2S/c1-17-9-7-14-22(18(17)2)30-24(31)19-10-3-4-11-20(19)28-26(30)33-16-8-15-29-23-13-6-5-12-21(23)27-25(29)32/h3-7,9-14H,8,15-16H2,1-2H3,(H,27,32). The highest BCUT2D eigenvalue weighted by Gasteiger charge is 2.15. The first kappa shape index (κ1) is 21.3. The Balaban J connectivity index is 1.47. The number of aryl methyl sites for hydroxylation is 2. The van der Waals surface area contributed by atoms with E-state index in [-0.39, 0.29) is 11.2 Å². The lowest BCUT2D eigenvalue weighted by atomic mass is 10.1. The maximum absolute atomic E-state index is 13.5. The summed E-state index contributed by atoms with van der Waals surface area (Å²) in [6, 6.07) is 21.1. The number of fused-ring (bicyclic) bond motifs is 2. The van der Waals surface area contributed by atoms with Gasteiger partial charge in [-0.3, -0.25) is 13.9 Å². The van der Waals surface area contributed by atoms with Crippen LogP contribution < -0.4 is 11.2 Å². The quantitative estimate of drug-likeness (QED) is 0.226. The Hall–Kier alpha value is -3.58. The van der Waals surface area contributed by atoms with Crippen molar-refractivity contribution in [3.8, 4) is 5.69 Å². The van der Waals surface area contributed by atoms with Gasteiger partial charge in [0.2, 0.25) is 0 Å². The molecule has 0 amide bonds. The third-order valence-electron chi connectivity index (χ3n) is 6.00. The minimum atomic E-state index is -0.0997. The summed E-state index contributed by atoms with van der Waals surface area (Å²) < 4.78 is 3.49. The van der Waals surface area contributed by atoms with E-state index in [4.69, 9.17) is 4.98 Å². The Kier molecular flexibility index (Phi) is 5.64. The second-order valence-electron chi connectivity index (χ2n) is 8.07. The van der Waals surface area contributed by atoms with Crippen LogP contribution in [0.25, 0.3) is 27.6 Å². The van der Waals surface area contributed by atoms with Crippen LogP contribution in [-0.4, -0.2) is 24.9 Å². The van der Waals surface area contributed by atoms with E-state index >= 15 is 0 Å². The summed E-state index contributed by atoms with van der Waals surface area (Å²) in [6.07, 6.45) is 0.766. The molecular weight excluding hydrogens is 432 g/mol. The van der Waals surface area contributed by atoms with Gasteiger partial charge < -0.3 is 4.98 Å². The minimum absolute atomic E-state index is 0.0651. The molecule has 0 saturated heterocycles. The van der Waals surface area contributed by atoms with Crippen LogP contribution in [0.2, 0.25) is 0 Å². The van der Waals surface area contributed by atoms with Crippen LogP contribution in [-0.2, 0) is 6.54 Å². The lowest BCUT2D eigenvalue weighted by molar-refractivity contribution is 0.678. The van der Waals surface area contributed by atoms with E-state index in [1.165, 1.54) is 0 Å². The average Bonchev–Trinajstić information content (AvgIpc) is 3.14. The topological polar surface area (TPSA) is 72.7 Å². The van der Waals surface area contributed by atoms with Crippen molar-refractivity contribution < 1.29 is 0 Å². The van der Waals surface area contributed by atoms with Gasteiger partial charge in [-0.1, -0.05) is 48.2 Å². The molecule has 1 N–H and O–H groups in total. The van der Waals surface area contributed by atoms with Gasteiger partial charge in [-0.05, 0) is 61.7 Å². The molecule has 0 fully saturated rings. The molecule has 0 saturated carbocycles. The zero-order chi connectivity index (χ0) is 22.9. The molecule has 33 heavy (non-hydrogen) atoms. The Morgan fingerprint density at radius 2 is 1.73 bits per heavy atom. The van der Waals surface area contributed by atoms with Crippen molar-refractivity contribution in [2.45, 2.75) is 32.0 Å². The number of benzene rings is 3. The zero-order valence-corrected chi connectivity index (χ0v) is 19.4. The van der Waals surface area contributed by atoms with Crippen molar-refractivity contribution in [2.75, 3.05) is 5.75 Å². The molecule has 0 aliphatic rings. The van der Waals surface area contributed by atoms with Gasteiger partial charge in [0.1, 0.15) is 0 Å². The van der Waals surface area contributed by atoms with Gasteiger partial charge in [0.15, 0.2) is 5.16 Å². The molecule has 6 nitrogen and oxygen atoms in total. The van der Waals surface area contributed by atoms with Gasteiger partial charge in [-0.2, -0.15) is 0 Å². The first-order valence-corrected chi connectivity index (χ1v) is 11.9. The second-order valence-corrected chi connectivity index (χ2v) is 9.13. The van der Waals surface area contributed by atoms with E-state index in [0.29, 0.717) is 22.6 Å². The molecule has 5 aromatic rings. The van der Waals surface area contributed by atoms with Gasteiger partial charge >= 0.3 is 5.69 Å². The molecule has 0 unspecified atom stereocenters. The monoisotopic (exact) mass is 456 g/mol. The van der Waals surface area contributed by atoms with Crippen molar-refractivity contribution in [3.05, 3.63) is 98.7 Å². The van der Waals surface area contributed by atoms with E-state index in [2.05, 4.69) is 4.98 Å². The molecule has 0 spiro atoms. The van der Waals surface area contributed by atoms with E-state index < -0.39 is 0 Å². The Morgan fingerprint density at radius 1 is 0.939 bits per heavy atom. The predicted octanol–water partition coefficient (Wildman–Crippen LogP) is 4.83. The number of imidazole rings is 1. The summed E-state index contributed by atoms with van der Waals surface area (Å²) >= 11 is 1.54. The van der Waals surface area contributed by atoms with Gasteiger partial charge in [0, 0.05) is 12.3 Å². The summed E-state index contributed by atoms with van der Waals surface area (Å²) in [5, 5.41) is 1.27. The van der Waals surface area contributed by atoms with Crippen molar-refractivity contribution >= 4 is 33.7 Å². The molecule has 5 rings (SSSR count). The number of nitrogens with zero attached hydrogens (tertiary/aromatic N) is 3. The van der Waals surface area contributed by atoms with Crippen LogP contribution in [0.4, 0.5) is 0 Å². The van der Waals surface area contributed by atoms with Crippen molar-refractivity contribution in [2.24, 2.45) is 0 Å². The molecule has 7 heteroatoms. The van der Waals surface area contributed by atoms with Crippen molar-refractivity contribution in [1.82, 2.24) is 19.1 Å². The highest BCUT2D eigenvalue weighted by atomic mass is 32.2. The summed E-state index contributed by atoms with van der Waals surface area (Å²) in [5.41, 5.74) is 5.32. The second kappa shape index (κ2) is 8.75. The number of aromatic nitrogens is 4. The number of H-pyrrole nitrogens is 1. The van der Waals surface area contributed by atoms with Crippen LogP contribution in [0, 0.1) is 13.8 Å². The van der Waals surface area contributed by atoms with E-state index in [9.17, 15) is 9.59 Å². The van der Waals surface area contributed by atoms with Gasteiger partial charge in [-0.15, -0.1) is 0 Å². The van der Waals surface area contributed by atoms with Crippen LogP contribution >= 0.6 is 11.8 Å². The van der Waals surface area contributed by atoms with Gasteiger partial charge in [-0.25, -0.2) is 9.78 Å². The molecule has 0 aliphatic carbocycles. The summed E-state index contributed by atoms with van der Waals surface area (Å²) in [7, 11) is 0. The van der Waals surface area contributed by atoms with E-state index in [1.54, 1.807) is 20.9 Å². The summed E-state index contributed by atoms with van der Waals surface area (Å²) in [5.74, 6) is 0.724. The van der Waals surface area contributed by atoms with Crippen LogP contribution in [0.1, 0.15) is 17.5 Å². The fraction of sp³-hybridized carbons (Fsp3) is 0.192. The minimum Gasteiger partial charge on any atom is -0.306 e. The molecule has 0 atom stereocenters. The first-order chi connectivity index (χ1) is 16.0. The smallest absolute Gasteiger partial charge is 0.306 e. The maximum Gasteiger partial charge on any atom is 0.326 e. The molecule has 0 bridgehead atoms. The SMILES string of the molecule is Cc1cccc(-n2c(SCCCn3c(=O)[nH]c4ccccc43)nc3ccccc3c2=O)c1C. The Morgan fingerprint density at radius 3 is 2.61 bits per heavy atom. The molecular formula is C26H24N4O2S. The lowest BCUT2D eigenvalue weighted by Gasteiger charge is -2.16. The lowest BCUT2D eigenvalue weighted by Crippen LogP contribution is -2.23. The number of aromatic amines is 1. The number of para-hydroxylation sites is 3. The normalized spacial score (nSPS) is 11.5. The molecule has 2 aromatic heterocycles. The summed E-state index contributed by atoms with van der Waals surface area (Å²) in [4.78, 5) is 33.6. The van der Waals surface area contributed by atoms with Crippen molar-refractivity contribution in [3.63, 3.8) is 0 Å². The largest absolute Gasteiger partial charge is 0.326 e. The Bertz CT molecular complexity index is 1600. The van der Waals surface area contributed by atoms with E-state index in [0.717, 1.165) is 40.0 Å². The van der Waals surface area contributed by atoms with Crippen LogP contribution in [0.3, 0.4) is 0 Å². The molecule has 0 aliphatic heterocycles. The van der Waals surface area contributed by atoms with Gasteiger partial charge in [0.25, 0.3) is 5.56 Å². The molecule has 3 aromatic carbocycles. The van der Waals surface area contributed by atoms with Crippen LogP contribution in [0.5, 0.6) is 0 Å². The highest BCUT2D eigenvalue weighted by Crippen LogP contribution is 2.25. The number of thioether (sulfide) groups is 1. The Labute approximate surface area is 194 Å². The zero-order valence-electron chi connectivity index (χ0n) is 18.5. The number of hydrogen-bond acceptors (Lipinski definition) is 4.